The lowest BCUT2D eigenvalue weighted by molar-refractivity contribution is -0.384. The number of nitro benzene ring substituents is 1. The molecule has 28 heavy (non-hydrogen) atoms. The molecule has 1 N–H and O–H groups in total. The van der Waals surface area contributed by atoms with Crippen LogP contribution in [0, 0.1) is 15.9 Å². The summed E-state index contributed by atoms with van der Waals surface area (Å²) in [7, 11) is 1.52. The molecule has 0 heterocycles. The minimum atomic E-state index is -0.846. The summed E-state index contributed by atoms with van der Waals surface area (Å²) in [5, 5.41) is 13.7. The molecule has 0 fully saturated rings. The minimum absolute atomic E-state index is 0.0355. The van der Waals surface area contributed by atoms with Crippen molar-refractivity contribution >= 4 is 23.3 Å². The predicted octanol–water partition coefficient (Wildman–Crippen LogP) is 2.98. The van der Waals surface area contributed by atoms with E-state index in [4.69, 9.17) is 4.74 Å². The van der Waals surface area contributed by atoms with E-state index in [0.29, 0.717) is 12.1 Å². The molecule has 8 nitrogen and oxygen atoms in total. The van der Waals surface area contributed by atoms with Gasteiger partial charge in [0.15, 0.2) is 6.61 Å². The Morgan fingerprint density at radius 2 is 2.00 bits per heavy atom. The van der Waals surface area contributed by atoms with E-state index in [1.807, 2.05) is 0 Å². The second-order valence-corrected chi connectivity index (χ2v) is 5.85. The molecule has 0 radical (unpaired) electrons. The number of ether oxygens (including phenoxy) is 1. The van der Waals surface area contributed by atoms with Crippen molar-refractivity contribution in [2.75, 3.05) is 25.5 Å². The number of hydrogen-bond acceptors (Lipinski definition) is 6. The number of nitrogens with zero attached hydrogens (tertiary/aromatic N) is 2. The zero-order valence-corrected chi connectivity index (χ0v) is 15.5. The number of benzene rings is 2. The van der Waals surface area contributed by atoms with Crippen LogP contribution in [0.1, 0.15) is 22.8 Å². The summed E-state index contributed by atoms with van der Waals surface area (Å²) in [6, 6.07) is 9.71. The van der Waals surface area contributed by atoms with Crippen molar-refractivity contribution in [1.29, 1.82) is 0 Å². The number of likely N-dealkylation sites (N-methyl/N-ethyl adjacent to an activating group) is 1. The number of amides is 1. The Kier molecular flexibility index (Phi) is 7.02. The van der Waals surface area contributed by atoms with Gasteiger partial charge in [-0.25, -0.2) is 9.18 Å². The average molecular weight is 389 g/mol. The predicted molar refractivity (Wildman–Crippen MR) is 100 cm³/mol. The molecule has 0 saturated carbocycles. The normalized spacial score (nSPS) is 10.2. The zero-order chi connectivity index (χ0) is 20.7. The Bertz CT molecular complexity index is 888. The van der Waals surface area contributed by atoms with Gasteiger partial charge in [-0.3, -0.25) is 14.9 Å². The molecule has 1 amide bonds. The number of carbonyl (C=O) groups is 2. The highest BCUT2D eigenvalue weighted by Gasteiger charge is 2.20. The van der Waals surface area contributed by atoms with Gasteiger partial charge >= 0.3 is 5.97 Å². The van der Waals surface area contributed by atoms with Crippen molar-refractivity contribution in [2.24, 2.45) is 0 Å². The first-order chi connectivity index (χ1) is 13.3. The SMILES string of the molecule is CCN(Cc1cccc(F)c1)C(=O)COC(=O)c1ccc(NC)c([N+](=O)[O-])c1. The summed E-state index contributed by atoms with van der Waals surface area (Å²) in [5.41, 5.74) is 0.556. The Morgan fingerprint density at radius 1 is 1.25 bits per heavy atom. The van der Waals surface area contributed by atoms with Crippen LogP contribution in [0.2, 0.25) is 0 Å². The molecule has 0 unspecified atom stereocenters. The monoisotopic (exact) mass is 389 g/mol. The van der Waals surface area contributed by atoms with Crippen LogP contribution in [0.15, 0.2) is 42.5 Å². The third-order valence-corrected chi connectivity index (χ3v) is 4.02. The second kappa shape index (κ2) is 9.45. The summed E-state index contributed by atoms with van der Waals surface area (Å²) < 4.78 is 18.3. The molecule has 0 bridgehead atoms. The standard InChI is InChI=1S/C19H20FN3O5/c1-3-22(11-13-5-4-6-15(20)9-13)18(24)12-28-19(25)14-7-8-16(21-2)17(10-14)23(26)27/h4-10,21H,3,11-12H2,1-2H3. The van der Waals surface area contributed by atoms with Crippen LogP contribution in [-0.2, 0) is 16.1 Å². The van der Waals surface area contributed by atoms with E-state index in [0.717, 1.165) is 6.07 Å². The van der Waals surface area contributed by atoms with Gasteiger partial charge in [0.2, 0.25) is 0 Å². The van der Waals surface area contributed by atoms with Gasteiger partial charge in [-0.1, -0.05) is 12.1 Å². The van der Waals surface area contributed by atoms with Crippen molar-refractivity contribution in [3.8, 4) is 0 Å². The van der Waals surface area contributed by atoms with Crippen LogP contribution >= 0.6 is 0 Å². The number of nitro groups is 1. The Balaban J connectivity index is 2.01. The fourth-order valence-corrected chi connectivity index (χ4v) is 2.56. The van der Waals surface area contributed by atoms with E-state index in [9.17, 15) is 24.1 Å². The lowest BCUT2D eigenvalue weighted by Gasteiger charge is -2.21. The third-order valence-electron chi connectivity index (χ3n) is 4.02. The summed E-state index contributed by atoms with van der Waals surface area (Å²) in [5.74, 6) is -1.71. The first-order valence-electron chi connectivity index (χ1n) is 8.51. The van der Waals surface area contributed by atoms with E-state index in [2.05, 4.69) is 5.32 Å². The van der Waals surface area contributed by atoms with Crippen LogP contribution < -0.4 is 5.32 Å². The average Bonchev–Trinajstić information content (AvgIpc) is 2.69. The molecular formula is C19H20FN3O5. The van der Waals surface area contributed by atoms with E-state index < -0.39 is 29.2 Å². The first kappa shape index (κ1) is 20.8. The molecule has 9 heteroatoms. The number of nitrogens with one attached hydrogen (secondary N) is 1. The zero-order valence-electron chi connectivity index (χ0n) is 15.5. The van der Waals surface area contributed by atoms with Crippen LogP contribution in [0.3, 0.4) is 0 Å². The topological polar surface area (TPSA) is 102 Å². The van der Waals surface area contributed by atoms with Crippen molar-refractivity contribution in [1.82, 2.24) is 4.90 Å². The molecule has 0 aromatic heterocycles. The van der Waals surface area contributed by atoms with E-state index >= 15 is 0 Å². The molecule has 2 aromatic carbocycles. The van der Waals surface area contributed by atoms with Crippen molar-refractivity contribution in [3.63, 3.8) is 0 Å². The number of halogens is 1. The number of esters is 1. The number of hydrogen-bond donors (Lipinski definition) is 1. The van der Waals surface area contributed by atoms with E-state index in [1.54, 1.807) is 19.1 Å². The summed E-state index contributed by atoms with van der Waals surface area (Å²) in [4.78, 5) is 36.3. The van der Waals surface area contributed by atoms with Gasteiger partial charge in [0, 0.05) is 26.2 Å². The Morgan fingerprint density at radius 3 is 2.61 bits per heavy atom. The molecule has 148 valence electrons. The van der Waals surface area contributed by atoms with Gasteiger partial charge in [-0.05, 0) is 36.8 Å². The van der Waals surface area contributed by atoms with Crippen molar-refractivity contribution in [2.45, 2.75) is 13.5 Å². The minimum Gasteiger partial charge on any atom is -0.452 e. The Hall–Kier alpha value is -3.49. The Labute approximate surface area is 161 Å². The highest BCUT2D eigenvalue weighted by Crippen LogP contribution is 2.25. The van der Waals surface area contributed by atoms with Crippen LogP contribution in [-0.4, -0.2) is 41.9 Å². The van der Waals surface area contributed by atoms with Gasteiger partial charge in [-0.15, -0.1) is 0 Å². The van der Waals surface area contributed by atoms with E-state index in [1.165, 1.54) is 36.2 Å². The van der Waals surface area contributed by atoms with E-state index in [-0.39, 0.29) is 23.5 Å². The highest BCUT2D eigenvalue weighted by atomic mass is 19.1. The maximum atomic E-state index is 13.3. The first-order valence-corrected chi connectivity index (χ1v) is 8.51. The van der Waals surface area contributed by atoms with Gasteiger partial charge in [0.1, 0.15) is 11.5 Å². The van der Waals surface area contributed by atoms with Crippen LogP contribution in [0.25, 0.3) is 0 Å². The lowest BCUT2D eigenvalue weighted by Crippen LogP contribution is -2.34. The molecule has 2 rings (SSSR count). The fraction of sp³-hybridized carbons (Fsp3) is 0.263. The summed E-state index contributed by atoms with van der Waals surface area (Å²) >= 11 is 0. The number of carbonyl (C=O) groups excluding carboxylic acids is 2. The largest absolute Gasteiger partial charge is 0.452 e. The molecule has 0 saturated heterocycles. The van der Waals surface area contributed by atoms with Gasteiger partial charge < -0.3 is 15.0 Å². The maximum Gasteiger partial charge on any atom is 0.338 e. The molecule has 0 aliphatic heterocycles. The fourth-order valence-electron chi connectivity index (χ4n) is 2.56. The quantitative estimate of drug-likeness (QED) is 0.423. The number of rotatable bonds is 8. The molecule has 0 aliphatic rings. The van der Waals surface area contributed by atoms with Gasteiger partial charge in [0.25, 0.3) is 11.6 Å². The van der Waals surface area contributed by atoms with Crippen molar-refractivity contribution < 1.29 is 23.6 Å². The number of anilines is 1. The molecule has 0 aliphatic carbocycles. The smallest absolute Gasteiger partial charge is 0.338 e. The van der Waals surface area contributed by atoms with Crippen molar-refractivity contribution in [3.05, 3.63) is 69.5 Å². The van der Waals surface area contributed by atoms with Crippen LogP contribution in [0.5, 0.6) is 0 Å². The van der Waals surface area contributed by atoms with Gasteiger partial charge in [-0.2, -0.15) is 0 Å². The molecular weight excluding hydrogens is 369 g/mol. The third kappa shape index (κ3) is 5.26. The van der Waals surface area contributed by atoms with Gasteiger partial charge in [0.05, 0.1) is 10.5 Å². The lowest BCUT2D eigenvalue weighted by atomic mass is 10.1. The molecule has 2 aromatic rings. The highest BCUT2D eigenvalue weighted by molar-refractivity contribution is 5.93. The molecule has 0 spiro atoms. The molecule has 0 atom stereocenters. The second-order valence-electron chi connectivity index (χ2n) is 5.85. The maximum absolute atomic E-state index is 13.3. The van der Waals surface area contributed by atoms with Crippen LogP contribution in [0.4, 0.5) is 15.8 Å². The summed E-state index contributed by atoms with van der Waals surface area (Å²) in [6.45, 7) is 1.74. The summed E-state index contributed by atoms with van der Waals surface area (Å²) in [6.07, 6.45) is 0.